The lowest BCUT2D eigenvalue weighted by Gasteiger charge is -2.08. The Kier molecular flexibility index (Phi) is 2.63. The SMILES string of the molecule is Cc1cccc(C)c1-[n+]1c(C)n(C)c2cccnc21. The molecule has 0 radical (unpaired) electrons. The third kappa shape index (κ3) is 1.65. The Hall–Kier alpha value is -2.16. The Morgan fingerprint density at radius 3 is 2.37 bits per heavy atom. The molecule has 2 aromatic heterocycles. The fourth-order valence-electron chi connectivity index (χ4n) is 2.73. The number of imidazole rings is 1. The van der Waals surface area contributed by atoms with Gasteiger partial charge in [0, 0.05) is 6.92 Å². The topological polar surface area (TPSA) is 21.7 Å². The van der Waals surface area contributed by atoms with E-state index in [0.29, 0.717) is 0 Å². The van der Waals surface area contributed by atoms with Crippen molar-refractivity contribution in [1.82, 2.24) is 9.55 Å². The summed E-state index contributed by atoms with van der Waals surface area (Å²) in [5.41, 5.74) is 5.95. The van der Waals surface area contributed by atoms with Crippen molar-refractivity contribution in [2.45, 2.75) is 20.8 Å². The summed E-state index contributed by atoms with van der Waals surface area (Å²) in [4.78, 5) is 4.56. The van der Waals surface area contributed by atoms with Crippen molar-refractivity contribution in [2.75, 3.05) is 0 Å². The van der Waals surface area contributed by atoms with Crippen LogP contribution in [0.25, 0.3) is 16.9 Å². The first kappa shape index (κ1) is 11.9. The summed E-state index contributed by atoms with van der Waals surface area (Å²) in [6.07, 6.45) is 1.85. The first-order chi connectivity index (χ1) is 9.11. The lowest BCUT2D eigenvalue weighted by atomic mass is 10.1. The third-order valence-electron chi connectivity index (χ3n) is 3.81. The molecule has 3 heteroatoms. The van der Waals surface area contributed by atoms with Gasteiger partial charge in [-0.1, -0.05) is 18.2 Å². The molecule has 0 amide bonds. The van der Waals surface area contributed by atoms with E-state index in [-0.39, 0.29) is 0 Å². The molecule has 0 aliphatic heterocycles. The Balaban J connectivity index is 2.47. The summed E-state index contributed by atoms with van der Waals surface area (Å²) in [6.45, 7) is 6.43. The molecule has 96 valence electrons. The smallest absolute Gasteiger partial charge is 0.260 e. The molecular formula is C16H18N3+. The number of para-hydroxylation sites is 1. The first-order valence-electron chi connectivity index (χ1n) is 6.50. The van der Waals surface area contributed by atoms with E-state index >= 15 is 0 Å². The number of fused-ring (bicyclic) bond motifs is 1. The summed E-state index contributed by atoms with van der Waals surface area (Å²) < 4.78 is 4.44. The zero-order valence-corrected chi connectivity index (χ0v) is 11.8. The first-order valence-corrected chi connectivity index (χ1v) is 6.50. The maximum absolute atomic E-state index is 4.56. The molecule has 3 aromatic rings. The summed E-state index contributed by atoms with van der Waals surface area (Å²) in [5.74, 6) is 1.19. The fourth-order valence-corrected chi connectivity index (χ4v) is 2.73. The van der Waals surface area contributed by atoms with Crippen LogP contribution in [0.4, 0.5) is 0 Å². The molecule has 1 aromatic carbocycles. The molecule has 0 spiro atoms. The zero-order chi connectivity index (χ0) is 13.6. The highest BCUT2D eigenvalue weighted by Gasteiger charge is 2.22. The van der Waals surface area contributed by atoms with Gasteiger partial charge in [-0.25, -0.2) is 0 Å². The fraction of sp³-hybridized carbons (Fsp3) is 0.250. The van der Waals surface area contributed by atoms with Crippen molar-refractivity contribution >= 4 is 11.2 Å². The zero-order valence-electron chi connectivity index (χ0n) is 11.8. The maximum Gasteiger partial charge on any atom is 0.306 e. The van der Waals surface area contributed by atoms with Crippen LogP contribution in [0.3, 0.4) is 0 Å². The van der Waals surface area contributed by atoms with Gasteiger partial charge in [0.2, 0.25) is 5.82 Å². The van der Waals surface area contributed by atoms with E-state index in [1.54, 1.807) is 0 Å². The van der Waals surface area contributed by atoms with Crippen LogP contribution in [0.5, 0.6) is 0 Å². The predicted molar refractivity (Wildman–Crippen MR) is 76.5 cm³/mol. The van der Waals surface area contributed by atoms with Gasteiger partial charge >= 0.3 is 5.65 Å². The van der Waals surface area contributed by atoms with Gasteiger partial charge in [-0.15, -0.1) is 4.98 Å². The van der Waals surface area contributed by atoms with Gasteiger partial charge in [-0.2, -0.15) is 4.57 Å². The van der Waals surface area contributed by atoms with E-state index < -0.39 is 0 Å². The molecule has 0 N–H and O–H groups in total. The van der Waals surface area contributed by atoms with Crippen LogP contribution < -0.4 is 4.57 Å². The average Bonchev–Trinajstić information content (AvgIpc) is 2.64. The Labute approximate surface area is 113 Å². The Bertz CT molecular complexity index is 749. The molecular weight excluding hydrogens is 234 g/mol. The van der Waals surface area contributed by atoms with Gasteiger partial charge in [0.25, 0.3) is 0 Å². The molecule has 0 saturated carbocycles. The number of nitrogens with zero attached hydrogens (tertiary/aromatic N) is 3. The average molecular weight is 252 g/mol. The molecule has 0 aliphatic rings. The number of hydrogen-bond donors (Lipinski definition) is 0. The van der Waals surface area contributed by atoms with E-state index in [1.807, 2.05) is 12.3 Å². The summed E-state index contributed by atoms with van der Waals surface area (Å²) in [7, 11) is 2.09. The number of hydrogen-bond acceptors (Lipinski definition) is 1. The number of pyridine rings is 1. The molecule has 0 saturated heterocycles. The second-order valence-corrected chi connectivity index (χ2v) is 5.03. The van der Waals surface area contributed by atoms with Crippen LogP contribution in [-0.4, -0.2) is 9.55 Å². The third-order valence-corrected chi connectivity index (χ3v) is 3.81. The van der Waals surface area contributed by atoms with Crippen LogP contribution in [0.15, 0.2) is 36.5 Å². The molecule has 0 atom stereocenters. The van der Waals surface area contributed by atoms with Crippen LogP contribution in [0.1, 0.15) is 17.0 Å². The molecule has 0 bridgehead atoms. The van der Waals surface area contributed by atoms with Crippen molar-refractivity contribution in [2.24, 2.45) is 7.05 Å². The quantitative estimate of drug-likeness (QED) is 0.610. The van der Waals surface area contributed by atoms with E-state index in [9.17, 15) is 0 Å². The number of aromatic nitrogens is 3. The van der Waals surface area contributed by atoms with Crippen molar-refractivity contribution in [3.8, 4) is 5.69 Å². The predicted octanol–water partition coefficient (Wildman–Crippen LogP) is 2.78. The maximum atomic E-state index is 4.56. The van der Waals surface area contributed by atoms with Gasteiger partial charge in [0.1, 0.15) is 11.9 Å². The largest absolute Gasteiger partial charge is 0.306 e. The van der Waals surface area contributed by atoms with Crippen molar-refractivity contribution in [3.63, 3.8) is 0 Å². The van der Waals surface area contributed by atoms with Gasteiger partial charge < -0.3 is 0 Å². The number of aryl methyl sites for hydroxylation is 3. The summed E-state index contributed by atoms with van der Waals surface area (Å²) in [6, 6.07) is 10.5. The van der Waals surface area contributed by atoms with Crippen LogP contribution >= 0.6 is 0 Å². The molecule has 2 heterocycles. The minimum atomic E-state index is 1.01. The highest BCUT2D eigenvalue weighted by molar-refractivity contribution is 5.68. The summed E-state index contributed by atoms with van der Waals surface area (Å²) >= 11 is 0. The van der Waals surface area contributed by atoms with E-state index in [2.05, 4.69) is 66.2 Å². The van der Waals surface area contributed by atoms with Gasteiger partial charge in [-0.05, 0) is 37.1 Å². The highest BCUT2D eigenvalue weighted by atomic mass is 15.2. The molecule has 0 aliphatic carbocycles. The van der Waals surface area contributed by atoms with Crippen molar-refractivity contribution in [3.05, 3.63) is 53.5 Å². The van der Waals surface area contributed by atoms with Gasteiger partial charge in [0.05, 0.1) is 7.05 Å². The monoisotopic (exact) mass is 252 g/mol. The van der Waals surface area contributed by atoms with Crippen LogP contribution in [0.2, 0.25) is 0 Å². The molecule has 0 unspecified atom stereocenters. The molecule has 19 heavy (non-hydrogen) atoms. The van der Waals surface area contributed by atoms with Crippen molar-refractivity contribution in [1.29, 1.82) is 0 Å². The lowest BCUT2D eigenvalue weighted by molar-refractivity contribution is -0.578. The minimum absolute atomic E-state index is 1.01. The standard InChI is InChI=1S/C16H18N3/c1-11-7-5-8-12(2)15(11)19-13(3)18(4)14-9-6-10-17-16(14)19/h5-10H,1-4H3/q+1. The Morgan fingerprint density at radius 2 is 1.68 bits per heavy atom. The van der Waals surface area contributed by atoms with Gasteiger partial charge in [-0.3, -0.25) is 4.57 Å². The molecule has 3 nitrogen and oxygen atoms in total. The van der Waals surface area contributed by atoms with E-state index in [0.717, 1.165) is 11.2 Å². The van der Waals surface area contributed by atoms with Gasteiger partial charge in [0.15, 0.2) is 5.52 Å². The molecule has 0 fully saturated rings. The van der Waals surface area contributed by atoms with E-state index in [1.165, 1.54) is 22.6 Å². The number of benzene rings is 1. The van der Waals surface area contributed by atoms with E-state index in [4.69, 9.17) is 0 Å². The second-order valence-electron chi connectivity index (χ2n) is 5.03. The van der Waals surface area contributed by atoms with Crippen molar-refractivity contribution < 1.29 is 4.57 Å². The second kappa shape index (κ2) is 4.19. The minimum Gasteiger partial charge on any atom is -0.260 e. The normalized spacial score (nSPS) is 11.2. The Morgan fingerprint density at radius 1 is 1.00 bits per heavy atom. The highest BCUT2D eigenvalue weighted by Crippen LogP contribution is 2.18. The summed E-state index contributed by atoms with van der Waals surface area (Å²) in [5, 5.41) is 0. The van der Waals surface area contributed by atoms with Crippen LogP contribution in [-0.2, 0) is 7.05 Å². The lowest BCUT2D eigenvalue weighted by Crippen LogP contribution is -2.36. The number of rotatable bonds is 1. The van der Waals surface area contributed by atoms with Crippen LogP contribution in [0, 0.1) is 20.8 Å². The molecule has 3 rings (SSSR count).